The minimum absolute atomic E-state index is 0.0683. The summed E-state index contributed by atoms with van der Waals surface area (Å²) in [7, 11) is 1.63. The van der Waals surface area contributed by atoms with Crippen LogP contribution in [0.25, 0.3) is 10.6 Å². The number of hydrogen-bond acceptors (Lipinski definition) is 5. The van der Waals surface area contributed by atoms with Gasteiger partial charge in [-0.05, 0) is 43.9 Å². The smallest absolute Gasteiger partial charge is 0.277 e. The molecule has 6 nitrogen and oxygen atoms in total. The topological polar surface area (TPSA) is 68.1 Å². The molecule has 0 saturated heterocycles. The standard InChI is InChI=1S/C27H28N4O2S/c1-18-19(2)29-30(4)26(32)23(18)25-28-20(3)24(34-25)27(33)31(17-22-13-9-6-10-14-22)16-15-21-11-7-5-8-12-21/h5-14H,15-17H2,1-4H3. The van der Waals surface area contributed by atoms with Crippen molar-refractivity contribution in [1.29, 1.82) is 0 Å². The number of nitrogens with zero attached hydrogens (tertiary/aromatic N) is 4. The summed E-state index contributed by atoms with van der Waals surface area (Å²) in [5, 5.41) is 4.82. The fourth-order valence-electron chi connectivity index (χ4n) is 3.91. The lowest BCUT2D eigenvalue weighted by Gasteiger charge is -2.22. The molecule has 0 aliphatic heterocycles. The molecule has 0 atom stereocenters. The predicted octanol–water partition coefficient (Wildman–Crippen LogP) is 4.71. The van der Waals surface area contributed by atoms with Crippen LogP contribution in [0.1, 0.15) is 37.7 Å². The lowest BCUT2D eigenvalue weighted by molar-refractivity contribution is 0.0749. The van der Waals surface area contributed by atoms with Crippen LogP contribution in [0.15, 0.2) is 65.5 Å². The van der Waals surface area contributed by atoms with Gasteiger partial charge in [-0.1, -0.05) is 60.7 Å². The normalized spacial score (nSPS) is 10.9. The minimum atomic E-state index is -0.207. The number of carbonyl (C=O) groups excluding carboxylic acids is 1. The molecule has 4 aromatic rings. The van der Waals surface area contributed by atoms with Crippen molar-refractivity contribution in [2.75, 3.05) is 6.54 Å². The maximum absolute atomic E-state index is 13.7. The lowest BCUT2D eigenvalue weighted by atomic mass is 10.1. The van der Waals surface area contributed by atoms with Crippen LogP contribution in [0.4, 0.5) is 0 Å². The van der Waals surface area contributed by atoms with E-state index in [2.05, 4.69) is 22.2 Å². The Kier molecular flexibility index (Phi) is 7.03. The molecule has 2 aromatic carbocycles. The Balaban J connectivity index is 1.68. The number of hydrogen-bond donors (Lipinski definition) is 0. The van der Waals surface area contributed by atoms with E-state index >= 15 is 0 Å². The maximum Gasteiger partial charge on any atom is 0.277 e. The molecule has 0 spiro atoms. The molecule has 0 bridgehead atoms. The minimum Gasteiger partial charge on any atom is -0.333 e. The average Bonchev–Trinajstić information content (AvgIpc) is 3.22. The van der Waals surface area contributed by atoms with E-state index in [4.69, 9.17) is 0 Å². The van der Waals surface area contributed by atoms with Crippen molar-refractivity contribution in [2.45, 2.75) is 33.7 Å². The van der Waals surface area contributed by atoms with E-state index in [1.54, 1.807) is 7.05 Å². The largest absolute Gasteiger partial charge is 0.333 e. The van der Waals surface area contributed by atoms with Crippen LogP contribution in [0, 0.1) is 20.8 Å². The number of amides is 1. The molecule has 174 valence electrons. The van der Waals surface area contributed by atoms with Crippen molar-refractivity contribution >= 4 is 17.2 Å². The summed E-state index contributed by atoms with van der Waals surface area (Å²) in [6.07, 6.45) is 0.757. The molecular weight excluding hydrogens is 444 g/mol. The SMILES string of the molecule is Cc1nc(-c2c(C)c(C)nn(C)c2=O)sc1C(=O)N(CCc1ccccc1)Cc1ccccc1. The molecule has 0 unspecified atom stereocenters. The Morgan fingerprint density at radius 1 is 0.941 bits per heavy atom. The van der Waals surface area contributed by atoms with Crippen LogP contribution in [-0.2, 0) is 20.0 Å². The number of rotatable bonds is 7. The molecule has 0 N–H and O–H groups in total. The summed E-state index contributed by atoms with van der Waals surface area (Å²) in [5.41, 5.74) is 4.76. The third kappa shape index (κ3) is 4.99. The molecule has 0 aliphatic carbocycles. The van der Waals surface area contributed by atoms with Gasteiger partial charge >= 0.3 is 0 Å². The summed E-state index contributed by atoms with van der Waals surface area (Å²) in [5.74, 6) is -0.0683. The number of thiazole rings is 1. The van der Waals surface area contributed by atoms with Crippen molar-refractivity contribution in [2.24, 2.45) is 7.05 Å². The Labute approximate surface area is 203 Å². The van der Waals surface area contributed by atoms with Gasteiger partial charge in [-0.25, -0.2) is 9.67 Å². The van der Waals surface area contributed by atoms with Gasteiger partial charge in [0.1, 0.15) is 9.88 Å². The third-order valence-corrected chi connectivity index (χ3v) is 7.11. The second kappa shape index (κ2) is 10.1. The second-order valence-electron chi connectivity index (χ2n) is 8.40. The van der Waals surface area contributed by atoms with E-state index in [1.807, 2.05) is 74.2 Å². The van der Waals surface area contributed by atoms with E-state index < -0.39 is 0 Å². The van der Waals surface area contributed by atoms with Gasteiger partial charge in [0.2, 0.25) is 0 Å². The molecule has 34 heavy (non-hydrogen) atoms. The van der Waals surface area contributed by atoms with E-state index in [0.717, 1.165) is 23.2 Å². The predicted molar refractivity (Wildman–Crippen MR) is 136 cm³/mol. The van der Waals surface area contributed by atoms with Crippen LogP contribution >= 0.6 is 11.3 Å². The molecule has 1 amide bonds. The summed E-state index contributed by atoms with van der Waals surface area (Å²) in [6.45, 7) is 6.67. The fourth-order valence-corrected chi connectivity index (χ4v) is 5.04. The highest BCUT2D eigenvalue weighted by Gasteiger charge is 2.24. The zero-order valence-electron chi connectivity index (χ0n) is 19.9. The summed E-state index contributed by atoms with van der Waals surface area (Å²) in [4.78, 5) is 33.7. The Bertz CT molecular complexity index is 1360. The molecule has 0 saturated carbocycles. The highest BCUT2D eigenvalue weighted by atomic mass is 32.1. The molecule has 0 aliphatic rings. The van der Waals surface area contributed by atoms with Crippen LogP contribution in [0.2, 0.25) is 0 Å². The Hall–Kier alpha value is -3.58. The molecule has 0 radical (unpaired) electrons. The first-order valence-electron chi connectivity index (χ1n) is 11.2. The second-order valence-corrected chi connectivity index (χ2v) is 9.39. The van der Waals surface area contributed by atoms with Crippen LogP contribution < -0.4 is 5.56 Å². The van der Waals surface area contributed by atoms with Crippen LogP contribution in [0.3, 0.4) is 0 Å². The van der Waals surface area contributed by atoms with Gasteiger partial charge in [0.25, 0.3) is 11.5 Å². The number of aryl methyl sites for hydroxylation is 3. The van der Waals surface area contributed by atoms with Crippen molar-refractivity contribution in [3.8, 4) is 10.6 Å². The Morgan fingerprint density at radius 2 is 1.56 bits per heavy atom. The number of benzene rings is 2. The molecule has 7 heteroatoms. The van der Waals surface area contributed by atoms with Crippen LogP contribution in [0.5, 0.6) is 0 Å². The van der Waals surface area contributed by atoms with Gasteiger partial charge in [0, 0.05) is 20.1 Å². The zero-order chi connectivity index (χ0) is 24.2. The lowest BCUT2D eigenvalue weighted by Crippen LogP contribution is -2.32. The first kappa shape index (κ1) is 23.6. The first-order valence-corrected chi connectivity index (χ1v) is 12.1. The highest BCUT2D eigenvalue weighted by Crippen LogP contribution is 2.30. The average molecular weight is 473 g/mol. The van der Waals surface area contributed by atoms with Gasteiger partial charge in [0.05, 0.1) is 17.0 Å². The van der Waals surface area contributed by atoms with Gasteiger partial charge in [0.15, 0.2) is 0 Å². The quantitative estimate of drug-likeness (QED) is 0.391. The van der Waals surface area contributed by atoms with Gasteiger partial charge in [-0.3, -0.25) is 9.59 Å². The number of aromatic nitrogens is 3. The van der Waals surface area contributed by atoms with Crippen molar-refractivity contribution in [3.05, 3.63) is 104 Å². The van der Waals surface area contributed by atoms with Gasteiger partial charge < -0.3 is 4.90 Å². The van der Waals surface area contributed by atoms with Crippen LogP contribution in [-0.4, -0.2) is 32.1 Å². The van der Waals surface area contributed by atoms with E-state index in [1.165, 1.54) is 21.6 Å². The van der Waals surface area contributed by atoms with Crippen molar-refractivity contribution in [3.63, 3.8) is 0 Å². The van der Waals surface area contributed by atoms with E-state index in [9.17, 15) is 9.59 Å². The molecule has 0 fully saturated rings. The maximum atomic E-state index is 13.7. The van der Waals surface area contributed by atoms with Gasteiger partial charge in [-0.2, -0.15) is 5.10 Å². The molecule has 2 heterocycles. The van der Waals surface area contributed by atoms with E-state index in [0.29, 0.717) is 34.2 Å². The number of carbonyl (C=O) groups is 1. The van der Waals surface area contributed by atoms with E-state index in [-0.39, 0.29) is 11.5 Å². The van der Waals surface area contributed by atoms with Crippen molar-refractivity contribution < 1.29 is 4.79 Å². The molecule has 2 aromatic heterocycles. The Morgan fingerprint density at radius 3 is 2.21 bits per heavy atom. The monoisotopic (exact) mass is 472 g/mol. The highest BCUT2D eigenvalue weighted by molar-refractivity contribution is 7.17. The fraction of sp³-hybridized carbons (Fsp3) is 0.259. The summed E-state index contributed by atoms with van der Waals surface area (Å²) in [6, 6.07) is 20.2. The zero-order valence-corrected chi connectivity index (χ0v) is 20.7. The summed E-state index contributed by atoms with van der Waals surface area (Å²) >= 11 is 1.28. The first-order chi connectivity index (χ1) is 16.3. The van der Waals surface area contributed by atoms with Crippen molar-refractivity contribution in [1.82, 2.24) is 19.7 Å². The molecular formula is C27H28N4O2S. The summed E-state index contributed by atoms with van der Waals surface area (Å²) < 4.78 is 1.33. The third-order valence-electron chi connectivity index (χ3n) is 5.95. The van der Waals surface area contributed by atoms with Gasteiger partial charge in [-0.15, -0.1) is 11.3 Å². The molecule has 4 rings (SSSR count).